The highest BCUT2D eigenvalue weighted by Gasteiger charge is 2.33. The molecule has 0 saturated carbocycles. The number of carbonyl (C=O) groups excluding carboxylic acids is 1. The second-order valence-corrected chi connectivity index (χ2v) is 9.70. The molecule has 0 unspecified atom stereocenters. The smallest absolute Gasteiger partial charge is 0.410 e. The van der Waals surface area contributed by atoms with Crippen LogP contribution in [0.1, 0.15) is 29.7 Å². The minimum absolute atomic E-state index is 0.264. The number of nitrogens with one attached hydrogen (secondary N) is 1. The van der Waals surface area contributed by atoms with E-state index in [9.17, 15) is 14.3 Å². The number of fused-ring (bicyclic) bond motifs is 1. The molecule has 0 fully saturated rings. The molecule has 7 heteroatoms. The van der Waals surface area contributed by atoms with Crippen LogP contribution >= 0.6 is 0 Å². The third kappa shape index (κ3) is 6.33. The molecule has 2 N–H and O–H groups in total. The minimum Gasteiger partial charge on any atom is -0.410 e. The van der Waals surface area contributed by atoms with Crippen LogP contribution in [-0.2, 0) is 13.0 Å². The lowest BCUT2D eigenvalue weighted by atomic mass is 10.1. The van der Waals surface area contributed by atoms with Crippen molar-refractivity contribution in [3.63, 3.8) is 0 Å². The van der Waals surface area contributed by atoms with Gasteiger partial charge in [-0.3, -0.25) is 0 Å². The van der Waals surface area contributed by atoms with Crippen molar-refractivity contribution in [3.05, 3.63) is 120 Å². The highest BCUT2D eigenvalue weighted by atomic mass is 19.1. The first kappa shape index (κ1) is 26.1. The molecule has 0 spiro atoms. The van der Waals surface area contributed by atoms with E-state index in [1.807, 2.05) is 79.5 Å². The van der Waals surface area contributed by atoms with Gasteiger partial charge in [0.05, 0.1) is 17.8 Å². The zero-order valence-corrected chi connectivity index (χ0v) is 21.8. The Morgan fingerprint density at radius 3 is 2.41 bits per heavy atom. The number of aliphatic imine (C=N–C) groups is 1. The van der Waals surface area contributed by atoms with Crippen molar-refractivity contribution in [2.75, 3.05) is 7.05 Å². The summed E-state index contributed by atoms with van der Waals surface area (Å²) in [6.07, 6.45) is -0.975. The zero-order valence-electron chi connectivity index (χ0n) is 21.8. The van der Waals surface area contributed by atoms with Crippen LogP contribution in [0, 0.1) is 5.82 Å². The van der Waals surface area contributed by atoms with Crippen molar-refractivity contribution < 1.29 is 19.0 Å². The Bertz CT molecular complexity index is 1470. The summed E-state index contributed by atoms with van der Waals surface area (Å²) in [5, 5.41) is 13.5. The Morgan fingerprint density at radius 2 is 1.69 bits per heavy atom. The molecule has 198 valence electrons. The Balaban J connectivity index is 1.25. The summed E-state index contributed by atoms with van der Waals surface area (Å²) in [4.78, 5) is 19.4. The minimum atomic E-state index is -0.769. The van der Waals surface area contributed by atoms with Crippen molar-refractivity contribution in [2.45, 2.75) is 32.0 Å². The van der Waals surface area contributed by atoms with Crippen LogP contribution in [-0.4, -0.2) is 35.1 Å². The Labute approximate surface area is 227 Å². The molecule has 0 radical (unpaired) electrons. The first-order valence-corrected chi connectivity index (χ1v) is 12.8. The van der Waals surface area contributed by atoms with Gasteiger partial charge in [-0.15, -0.1) is 0 Å². The van der Waals surface area contributed by atoms with Gasteiger partial charge in [0.25, 0.3) is 0 Å². The molecule has 1 amide bonds. The van der Waals surface area contributed by atoms with E-state index in [2.05, 4.69) is 5.32 Å². The Hall–Kier alpha value is -4.49. The molecular formula is C32H30FN3O3. The third-order valence-corrected chi connectivity index (χ3v) is 6.90. The van der Waals surface area contributed by atoms with Crippen LogP contribution in [0.15, 0.2) is 102 Å². The van der Waals surface area contributed by atoms with E-state index in [1.54, 1.807) is 24.3 Å². The van der Waals surface area contributed by atoms with Crippen LogP contribution in [0.25, 0.3) is 11.1 Å². The molecule has 2 atom stereocenters. The lowest BCUT2D eigenvalue weighted by Gasteiger charge is -2.20. The number of carbonyl (C=O) groups is 1. The third-order valence-electron chi connectivity index (χ3n) is 6.90. The van der Waals surface area contributed by atoms with Gasteiger partial charge in [0.2, 0.25) is 0 Å². The summed E-state index contributed by atoms with van der Waals surface area (Å²) in [6.45, 7) is 2.49. The number of nitrogens with zero attached hydrogens (tertiary/aromatic N) is 2. The molecule has 0 aliphatic heterocycles. The molecule has 5 rings (SSSR count). The Kier molecular flexibility index (Phi) is 7.70. The first-order chi connectivity index (χ1) is 18.9. The first-order valence-electron chi connectivity index (χ1n) is 12.8. The van der Waals surface area contributed by atoms with E-state index in [1.165, 1.54) is 12.1 Å². The molecule has 0 heterocycles. The number of aliphatic hydroxyl groups excluding tert-OH is 1. The van der Waals surface area contributed by atoms with Gasteiger partial charge in [0, 0.05) is 20.0 Å². The van der Waals surface area contributed by atoms with Gasteiger partial charge in [-0.2, -0.15) is 0 Å². The molecule has 6 nitrogen and oxygen atoms in total. The fourth-order valence-electron chi connectivity index (χ4n) is 4.71. The average Bonchev–Trinajstić information content (AvgIpc) is 3.24. The van der Waals surface area contributed by atoms with Crippen molar-refractivity contribution >= 4 is 17.6 Å². The van der Waals surface area contributed by atoms with Crippen LogP contribution in [0.2, 0.25) is 0 Å². The summed E-state index contributed by atoms with van der Waals surface area (Å²) in [5.41, 5.74) is 5.56. The number of amidine groups is 1. The van der Waals surface area contributed by atoms with E-state index in [0.29, 0.717) is 24.4 Å². The van der Waals surface area contributed by atoms with Gasteiger partial charge in [0.1, 0.15) is 17.4 Å². The number of aliphatic hydroxyl groups is 1. The summed E-state index contributed by atoms with van der Waals surface area (Å²) in [5.74, 6) is 0.930. The molecule has 0 saturated heterocycles. The predicted octanol–water partition coefficient (Wildman–Crippen LogP) is 6.42. The second kappa shape index (κ2) is 11.5. The van der Waals surface area contributed by atoms with Crippen molar-refractivity contribution in [1.29, 1.82) is 0 Å². The van der Waals surface area contributed by atoms with E-state index in [-0.39, 0.29) is 5.82 Å². The van der Waals surface area contributed by atoms with E-state index >= 15 is 0 Å². The summed E-state index contributed by atoms with van der Waals surface area (Å²) in [6, 6.07) is 28.8. The normalized spacial score (nSPS) is 16.5. The van der Waals surface area contributed by atoms with Gasteiger partial charge < -0.3 is 20.1 Å². The number of hydrogen-bond donors (Lipinski definition) is 2. The molecular weight excluding hydrogens is 493 g/mol. The fourth-order valence-corrected chi connectivity index (χ4v) is 4.71. The second-order valence-electron chi connectivity index (χ2n) is 9.70. The van der Waals surface area contributed by atoms with E-state index < -0.39 is 18.2 Å². The lowest BCUT2D eigenvalue weighted by molar-refractivity contribution is 0.133. The number of amides is 1. The molecule has 4 aromatic carbocycles. The monoisotopic (exact) mass is 523 g/mol. The molecule has 0 bridgehead atoms. The number of halogens is 1. The topological polar surface area (TPSA) is 74.2 Å². The number of benzene rings is 4. The SMILES string of the molecule is CC(=Nc1ccc2c(c1)[C@@H](NC(=O)Oc1ccc(-c3ccccc3)cc1)[C@H](O)C2)N(C)Cc1ccc(F)cc1. The number of ether oxygens (including phenoxy) is 1. The van der Waals surface area contributed by atoms with Crippen LogP contribution < -0.4 is 10.1 Å². The van der Waals surface area contributed by atoms with Gasteiger partial charge >= 0.3 is 6.09 Å². The van der Waals surface area contributed by atoms with Gasteiger partial charge in [-0.25, -0.2) is 14.2 Å². The predicted molar refractivity (Wildman–Crippen MR) is 151 cm³/mol. The van der Waals surface area contributed by atoms with Crippen LogP contribution in [0.4, 0.5) is 14.9 Å². The number of hydrogen-bond acceptors (Lipinski definition) is 4. The Morgan fingerprint density at radius 1 is 1.00 bits per heavy atom. The summed E-state index contributed by atoms with van der Waals surface area (Å²) < 4.78 is 18.7. The van der Waals surface area contributed by atoms with Gasteiger partial charge in [-0.1, -0.05) is 60.7 Å². The lowest BCUT2D eigenvalue weighted by Crippen LogP contribution is -2.35. The summed E-state index contributed by atoms with van der Waals surface area (Å²) in [7, 11) is 1.92. The highest BCUT2D eigenvalue weighted by molar-refractivity contribution is 5.82. The highest BCUT2D eigenvalue weighted by Crippen LogP contribution is 2.34. The molecule has 4 aromatic rings. The van der Waals surface area contributed by atoms with E-state index in [4.69, 9.17) is 9.73 Å². The average molecular weight is 524 g/mol. The standard InChI is InChI=1S/C32H30FN3O3/c1-21(36(2)20-22-8-13-26(33)14-9-22)34-27-15-10-25-18-30(37)31(29(25)19-27)35-32(38)39-28-16-11-24(12-17-28)23-6-4-3-5-7-23/h3-17,19,30-31,37H,18,20H2,1-2H3,(H,35,38)/t30-,31-/m1/s1. The maximum atomic E-state index is 13.2. The van der Waals surface area contributed by atoms with Crippen LogP contribution in [0.5, 0.6) is 5.75 Å². The molecule has 1 aliphatic rings. The van der Waals surface area contributed by atoms with Crippen LogP contribution in [0.3, 0.4) is 0 Å². The van der Waals surface area contributed by atoms with Crippen molar-refractivity contribution in [1.82, 2.24) is 10.2 Å². The molecule has 1 aliphatic carbocycles. The maximum absolute atomic E-state index is 13.2. The van der Waals surface area contributed by atoms with Gasteiger partial charge in [-0.05, 0) is 71.1 Å². The molecule has 0 aromatic heterocycles. The zero-order chi connectivity index (χ0) is 27.4. The quantitative estimate of drug-likeness (QED) is 0.226. The summed E-state index contributed by atoms with van der Waals surface area (Å²) >= 11 is 0. The maximum Gasteiger partial charge on any atom is 0.413 e. The van der Waals surface area contributed by atoms with Crippen molar-refractivity contribution in [3.8, 4) is 16.9 Å². The van der Waals surface area contributed by atoms with Crippen molar-refractivity contribution in [2.24, 2.45) is 4.99 Å². The molecule has 39 heavy (non-hydrogen) atoms. The fraction of sp³-hybridized carbons (Fsp3) is 0.188. The largest absolute Gasteiger partial charge is 0.413 e. The van der Waals surface area contributed by atoms with Gasteiger partial charge in [0.15, 0.2) is 0 Å². The number of rotatable bonds is 6. The van der Waals surface area contributed by atoms with E-state index in [0.717, 1.165) is 33.7 Å².